The van der Waals surface area contributed by atoms with Crippen LogP contribution in [-0.4, -0.2) is 6.04 Å². The van der Waals surface area contributed by atoms with Gasteiger partial charge in [0.25, 0.3) is 0 Å². The van der Waals surface area contributed by atoms with Crippen LogP contribution in [0.15, 0.2) is 48.5 Å². The molecule has 2 aromatic carbocycles. The molecule has 18 heavy (non-hydrogen) atoms. The van der Waals surface area contributed by atoms with Crippen molar-refractivity contribution in [2.75, 3.05) is 0 Å². The Balaban J connectivity index is 2.17. The standard InChI is InChI=1S/C15H16ClNO/c1-11(17)9-12-5-4-6-13(10-12)18-15-8-3-2-7-14(15)16/h2-8,10-11H,9,17H2,1H3. The number of para-hydroxylation sites is 1. The van der Waals surface area contributed by atoms with E-state index in [-0.39, 0.29) is 6.04 Å². The number of hydrogen-bond donors (Lipinski definition) is 1. The third kappa shape index (κ3) is 3.49. The van der Waals surface area contributed by atoms with Crippen LogP contribution in [0, 0.1) is 0 Å². The average molecular weight is 262 g/mol. The summed E-state index contributed by atoms with van der Waals surface area (Å²) >= 11 is 6.05. The number of nitrogens with two attached hydrogens (primary N) is 1. The van der Waals surface area contributed by atoms with Crippen LogP contribution in [0.3, 0.4) is 0 Å². The van der Waals surface area contributed by atoms with Gasteiger partial charge in [-0.25, -0.2) is 0 Å². The third-order valence-electron chi connectivity index (χ3n) is 2.52. The van der Waals surface area contributed by atoms with Crippen LogP contribution in [0.2, 0.25) is 5.02 Å². The molecular weight excluding hydrogens is 246 g/mol. The van der Waals surface area contributed by atoms with E-state index in [1.807, 2.05) is 55.5 Å². The summed E-state index contributed by atoms with van der Waals surface area (Å²) in [6, 6.07) is 15.5. The van der Waals surface area contributed by atoms with Crippen LogP contribution < -0.4 is 10.5 Å². The zero-order valence-electron chi connectivity index (χ0n) is 10.3. The molecule has 94 valence electrons. The molecule has 0 fully saturated rings. The molecule has 0 aromatic heterocycles. The molecule has 0 saturated heterocycles. The zero-order chi connectivity index (χ0) is 13.0. The predicted molar refractivity (Wildman–Crippen MR) is 75.3 cm³/mol. The van der Waals surface area contributed by atoms with E-state index in [4.69, 9.17) is 22.1 Å². The topological polar surface area (TPSA) is 35.2 Å². The van der Waals surface area contributed by atoms with E-state index in [9.17, 15) is 0 Å². The van der Waals surface area contributed by atoms with Gasteiger partial charge >= 0.3 is 0 Å². The molecule has 0 aliphatic carbocycles. The fourth-order valence-electron chi connectivity index (χ4n) is 1.76. The smallest absolute Gasteiger partial charge is 0.146 e. The molecule has 0 spiro atoms. The summed E-state index contributed by atoms with van der Waals surface area (Å²) in [4.78, 5) is 0. The van der Waals surface area contributed by atoms with Crippen molar-refractivity contribution in [2.24, 2.45) is 5.73 Å². The van der Waals surface area contributed by atoms with Crippen molar-refractivity contribution in [1.82, 2.24) is 0 Å². The normalized spacial score (nSPS) is 12.2. The number of hydrogen-bond acceptors (Lipinski definition) is 2. The molecule has 0 radical (unpaired) electrons. The van der Waals surface area contributed by atoms with Gasteiger partial charge in [0.05, 0.1) is 5.02 Å². The Bertz CT molecular complexity index is 525. The van der Waals surface area contributed by atoms with E-state index in [1.165, 1.54) is 0 Å². The summed E-state index contributed by atoms with van der Waals surface area (Å²) in [7, 11) is 0. The Labute approximate surface area is 112 Å². The van der Waals surface area contributed by atoms with Gasteiger partial charge in [0.15, 0.2) is 0 Å². The summed E-state index contributed by atoms with van der Waals surface area (Å²) in [6.45, 7) is 1.99. The lowest BCUT2D eigenvalue weighted by atomic mass is 10.1. The van der Waals surface area contributed by atoms with Gasteiger partial charge in [-0.05, 0) is 43.2 Å². The van der Waals surface area contributed by atoms with E-state index in [0.29, 0.717) is 10.8 Å². The van der Waals surface area contributed by atoms with Crippen LogP contribution in [0.1, 0.15) is 12.5 Å². The molecule has 2 rings (SSSR count). The first-order valence-electron chi connectivity index (χ1n) is 5.92. The van der Waals surface area contributed by atoms with E-state index in [0.717, 1.165) is 17.7 Å². The van der Waals surface area contributed by atoms with E-state index in [1.54, 1.807) is 0 Å². The second-order valence-corrected chi connectivity index (χ2v) is 4.77. The fraction of sp³-hybridized carbons (Fsp3) is 0.200. The highest BCUT2D eigenvalue weighted by Gasteiger charge is 2.04. The van der Waals surface area contributed by atoms with Gasteiger partial charge < -0.3 is 10.5 Å². The summed E-state index contributed by atoms with van der Waals surface area (Å²) in [5.74, 6) is 1.44. The Morgan fingerprint density at radius 3 is 2.67 bits per heavy atom. The summed E-state index contributed by atoms with van der Waals surface area (Å²) in [5, 5.41) is 0.607. The van der Waals surface area contributed by atoms with Gasteiger partial charge in [-0.2, -0.15) is 0 Å². The van der Waals surface area contributed by atoms with Crippen molar-refractivity contribution in [1.29, 1.82) is 0 Å². The van der Waals surface area contributed by atoms with Gasteiger partial charge in [-0.3, -0.25) is 0 Å². The van der Waals surface area contributed by atoms with Crippen molar-refractivity contribution < 1.29 is 4.74 Å². The van der Waals surface area contributed by atoms with Crippen molar-refractivity contribution in [3.8, 4) is 11.5 Å². The lowest BCUT2D eigenvalue weighted by Gasteiger charge is -2.10. The largest absolute Gasteiger partial charge is 0.456 e. The maximum absolute atomic E-state index is 6.05. The molecular formula is C15H16ClNO. The molecule has 0 aliphatic rings. The maximum atomic E-state index is 6.05. The predicted octanol–water partition coefficient (Wildman–Crippen LogP) is 4.02. The molecule has 3 heteroatoms. The summed E-state index contributed by atoms with van der Waals surface area (Å²) in [5.41, 5.74) is 6.95. The van der Waals surface area contributed by atoms with E-state index >= 15 is 0 Å². The number of ether oxygens (including phenoxy) is 1. The minimum Gasteiger partial charge on any atom is -0.456 e. The molecule has 0 heterocycles. The third-order valence-corrected chi connectivity index (χ3v) is 2.83. The van der Waals surface area contributed by atoms with E-state index < -0.39 is 0 Å². The molecule has 1 atom stereocenters. The van der Waals surface area contributed by atoms with Crippen molar-refractivity contribution in [3.63, 3.8) is 0 Å². The number of benzene rings is 2. The number of rotatable bonds is 4. The van der Waals surface area contributed by atoms with Gasteiger partial charge in [0.1, 0.15) is 11.5 Å². The first-order valence-corrected chi connectivity index (χ1v) is 6.30. The van der Waals surface area contributed by atoms with Crippen molar-refractivity contribution >= 4 is 11.6 Å². The van der Waals surface area contributed by atoms with Crippen molar-refractivity contribution in [2.45, 2.75) is 19.4 Å². The summed E-state index contributed by atoms with van der Waals surface area (Å²) in [6.07, 6.45) is 0.833. The lowest BCUT2D eigenvalue weighted by Crippen LogP contribution is -2.17. The van der Waals surface area contributed by atoms with E-state index in [2.05, 4.69) is 0 Å². The van der Waals surface area contributed by atoms with Gasteiger partial charge in [-0.15, -0.1) is 0 Å². The molecule has 0 aliphatic heterocycles. The van der Waals surface area contributed by atoms with Gasteiger partial charge in [-0.1, -0.05) is 35.9 Å². The summed E-state index contributed by atoms with van der Waals surface area (Å²) < 4.78 is 5.76. The van der Waals surface area contributed by atoms with Crippen LogP contribution in [0.25, 0.3) is 0 Å². The van der Waals surface area contributed by atoms with Gasteiger partial charge in [0, 0.05) is 6.04 Å². The second-order valence-electron chi connectivity index (χ2n) is 4.36. The molecule has 0 amide bonds. The molecule has 2 N–H and O–H groups in total. The van der Waals surface area contributed by atoms with Crippen LogP contribution >= 0.6 is 11.6 Å². The monoisotopic (exact) mass is 261 g/mol. The quantitative estimate of drug-likeness (QED) is 0.902. The highest BCUT2D eigenvalue weighted by atomic mass is 35.5. The molecule has 2 aromatic rings. The highest BCUT2D eigenvalue weighted by molar-refractivity contribution is 6.32. The van der Waals surface area contributed by atoms with Gasteiger partial charge in [0.2, 0.25) is 0 Å². The molecule has 0 saturated carbocycles. The number of halogens is 1. The Morgan fingerprint density at radius 2 is 1.94 bits per heavy atom. The second kappa shape index (κ2) is 5.89. The first kappa shape index (κ1) is 12.9. The Kier molecular flexibility index (Phi) is 4.24. The fourth-order valence-corrected chi connectivity index (χ4v) is 1.94. The Hall–Kier alpha value is -1.51. The maximum Gasteiger partial charge on any atom is 0.146 e. The van der Waals surface area contributed by atoms with Crippen LogP contribution in [0.4, 0.5) is 0 Å². The average Bonchev–Trinajstić information content (AvgIpc) is 2.32. The van der Waals surface area contributed by atoms with Crippen LogP contribution in [-0.2, 0) is 6.42 Å². The molecule has 0 bridgehead atoms. The molecule has 1 unspecified atom stereocenters. The highest BCUT2D eigenvalue weighted by Crippen LogP contribution is 2.29. The SMILES string of the molecule is CC(N)Cc1cccc(Oc2ccccc2Cl)c1. The zero-order valence-corrected chi connectivity index (χ0v) is 11.0. The lowest BCUT2D eigenvalue weighted by molar-refractivity contribution is 0.482. The minimum atomic E-state index is 0.139. The minimum absolute atomic E-state index is 0.139. The molecule has 2 nitrogen and oxygen atoms in total. The van der Waals surface area contributed by atoms with Crippen molar-refractivity contribution in [3.05, 3.63) is 59.1 Å². The van der Waals surface area contributed by atoms with Crippen LogP contribution in [0.5, 0.6) is 11.5 Å². The first-order chi connectivity index (χ1) is 8.65. The Morgan fingerprint density at radius 1 is 1.17 bits per heavy atom.